The summed E-state index contributed by atoms with van der Waals surface area (Å²) in [5.74, 6) is 1.62. The fourth-order valence-corrected chi connectivity index (χ4v) is 2.54. The van der Waals surface area contributed by atoms with Crippen LogP contribution in [0.25, 0.3) is 0 Å². The molecule has 0 radical (unpaired) electrons. The molecule has 2 aromatic rings. The van der Waals surface area contributed by atoms with Gasteiger partial charge in [0.25, 0.3) is 0 Å². The number of aryl methyl sites for hydroxylation is 2. The van der Waals surface area contributed by atoms with Crippen molar-refractivity contribution in [3.05, 3.63) is 59.2 Å². The maximum absolute atomic E-state index is 12.0. The molecule has 0 saturated heterocycles. The van der Waals surface area contributed by atoms with E-state index in [4.69, 9.17) is 4.74 Å². The Morgan fingerprint density at radius 3 is 2.26 bits per heavy atom. The molecule has 0 bridgehead atoms. The second-order valence-corrected chi connectivity index (χ2v) is 8.43. The van der Waals surface area contributed by atoms with Crippen molar-refractivity contribution >= 4 is 17.2 Å². The predicted molar refractivity (Wildman–Crippen MR) is 97.9 cm³/mol. The van der Waals surface area contributed by atoms with Crippen molar-refractivity contribution in [3.8, 4) is 11.5 Å². The van der Waals surface area contributed by atoms with Gasteiger partial charge in [0.15, 0.2) is 0 Å². The SMILES string of the molecule is Cc1cccc(C)c1Oc1cccc(/C=N/[S@](=O)C(C)(C)C)c1. The second kappa shape index (κ2) is 7.09. The summed E-state index contributed by atoms with van der Waals surface area (Å²) in [6.45, 7) is 9.77. The quantitative estimate of drug-likeness (QED) is 0.742. The summed E-state index contributed by atoms with van der Waals surface area (Å²) in [7, 11) is -1.26. The first kappa shape index (κ1) is 17.4. The van der Waals surface area contributed by atoms with Crippen LogP contribution in [0.1, 0.15) is 37.5 Å². The molecule has 0 saturated carbocycles. The molecule has 2 aromatic carbocycles. The summed E-state index contributed by atoms with van der Waals surface area (Å²) in [4.78, 5) is 0. The Morgan fingerprint density at radius 2 is 1.65 bits per heavy atom. The summed E-state index contributed by atoms with van der Waals surface area (Å²) < 4.78 is 21.8. The molecule has 2 rings (SSSR count). The zero-order chi connectivity index (χ0) is 17.0. The lowest BCUT2D eigenvalue weighted by Gasteiger charge is -2.13. The molecule has 0 unspecified atom stereocenters. The van der Waals surface area contributed by atoms with Gasteiger partial charge in [-0.15, -0.1) is 0 Å². The number of rotatable bonds is 4. The van der Waals surface area contributed by atoms with Gasteiger partial charge < -0.3 is 4.74 Å². The third-order valence-electron chi connectivity index (χ3n) is 3.31. The van der Waals surface area contributed by atoms with E-state index in [-0.39, 0.29) is 4.75 Å². The molecule has 0 spiro atoms. The van der Waals surface area contributed by atoms with E-state index in [9.17, 15) is 4.21 Å². The van der Waals surface area contributed by atoms with Gasteiger partial charge in [-0.1, -0.05) is 30.3 Å². The van der Waals surface area contributed by atoms with Crippen LogP contribution in [0.2, 0.25) is 0 Å². The molecule has 3 nitrogen and oxygen atoms in total. The van der Waals surface area contributed by atoms with Crippen molar-refractivity contribution in [1.82, 2.24) is 0 Å². The first-order valence-electron chi connectivity index (χ1n) is 7.57. The number of nitrogens with zero attached hydrogens (tertiary/aromatic N) is 1. The lowest BCUT2D eigenvalue weighted by molar-refractivity contribution is 0.475. The molecule has 122 valence electrons. The summed E-state index contributed by atoms with van der Waals surface area (Å²) in [5, 5.41) is 0. The summed E-state index contributed by atoms with van der Waals surface area (Å²) in [6, 6.07) is 13.7. The fraction of sp³-hybridized carbons (Fsp3) is 0.316. The Kier molecular flexibility index (Phi) is 5.37. The van der Waals surface area contributed by atoms with E-state index in [0.29, 0.717) is 0 Å². The van der Waals surface area contributed by atoms with Crippen LogP contribution in [0.3, 0.4) is 0 Å². The monoisotopic (exact) mass is 329 g/mol. The number of benzene rings is 2. The molecule has 23 heavy (non-hydrogen) atoms. The number of hydrogen-bond donors (Lipinski definition) is 0. The van der Waals surface area contributed by atoms with E-state index < -0.39 is 11.0 Å². The van der Waals surface area contributed by atoms with E-state index in [2.05, 4.69) is 4.40 Å². The minimum atomic E-state index is -1.26. The third-order valence-corrected chi connectivity index (χ3v) is 4.65. The Bertz CT molecular complexity index is 725. The molecular formula is C19H23NO2S. The Balaban J connectivity index is 2.21. The molecule has 0 fully saturated rings. The van der Waals surface area contributed by atoms with E-state index >= 15 is 0 Å². The molecule has 0 amide bonds. The van der Waals surface area contributed by atoms with Gasteiger partial charge in [0.1, 0.15) is 22.5 Å². The van der Waals surface area contributed by atoms with Crippen LogP contribution >= 0.6 is 0 Å². The lowest BCUT2D eigenvalue weighted by Crippen LogP contribution is -2.19. The highest BCUT2D eigenvalue weighted by Gasteiger charge is 2.18. The number of para-hydroxylation sites is 1. The summed E-state index contributed by atoms with van der Waals surface area (Å²) >= 11 is 0. The van der Waals surface area contributed by atoms with Crippen molar-refractivity contribution in [1.29, 1.82) is 0 Å². The predicted octanol–water partition coefficient (Wildman–Crippen LogP) is 4.98. The van der Waals surface area contributed by atoms with Gasteiger partial charge in [-0.2, -0.15) is 4.40 Å². The molecule has 0 aromatic heterocycles. The zero-order valence-electron chi connectivity index (χ0n) is 14.3. The van der Waals surface area contributed by atoms with Crippen molar-refractivity contribution in [2.45, 2.75) is 39.4 Å². The van der Waals surface area contributed by atoms with Crippen molar-refractivity contribution in [2.24, 2.45) is 4.40 Å². The van der Waals surface area contributed by atoms with Gasteiger partial charge in [-0.3, -0.25) is 0 Å². The smallest absolute Gasteiger partial charge is 0.144 e. The minimum absolute atomic E-state index is 0.358. The molecule has 0 aliphatic carbocycles. The standard InChI is InChI=1S/C19H23NO2S/c1-14-8-6-9-15(2)18(14)22-17-11-7-10-16(12-17)13-20-23(21)19(3,4)5/h6-13H,1-5H3/b20-13+/t23-/m1/s1. The highest BCUT2D eigenvalue weighted by molar-refractivity contribution is 7.85. The van der Waals surface area contributed by atoms with Crippen LogP contribution in [0.15, 0.2) is 46.9 Å². The molecule has 0 N–H and O–H groups in total. The van der Waals surface area contributed by atoms with Crippen LogP contribution in [-0.4, -0.2) is 15.2 Å². The lowest BCUT2D eigenvalue weighted by atomic mass is 10.1. The van der Waals surface area contributed by atoms with Crippen LogP contribution < -0.4 is 4.74 Å². The van der Waals surface area contributed by atoms with E-state index in [1.807, 2.05) is 77.1 Å². The van der Waals surface area contributed by atoms with E-state index in [1.165, 1.54) is 0 Å². The van der Waals surface area contributed by atoms with Gasteiger partial charge in [-0.05, 0) is 63.4 Å². The topological polar surface area (TPSA) is 38.7 Å². The van der Waals surface area contributed by atoms with Crippen LogP contribution in [-0.2, 0) is 11.0 Å². The summed E-state index contributed by atoms with van der Waals surface area (Å²) in [6.07, 6.45) is 1.64. The second-order valence-electron chi connectivity index (χ2n) is 6.49. The third kappa shape index (κ3) is 4.76. The number of hydrogen-bond acceptors (Lipinski definition) is 2. The maximum atomic E-state index is 12.0. The normalized spacial score (nSPS) is 13.3. The fourth-order valence-electron chi connectivity index (χ4n) is 2.00. The van der Waals surface area contributed by atoms with Gasteiger partial charge in [0.2, 0.25) is 0 Å². The number of ether oxygens (including phenoxy) is 1. The first-order valence-corrected chi connectivity index (χ1v) is 8.68. The van der Waals surface area contributed by atoms with Gasteiger partial charge >= 0.3 is 0 Å². The highest BCUT2D eigenvalue weighted by atomic mass is 32.2. The zero-order valence-corrected chi connectivity index (χ0v) is 15.1. The highest BCUT2D eigenvalue weighted by Crippen LogP contribution is 2.28. The Labute approximate surface area is 141 Å². The average Bonchev–Trinajstić information content (AvgIpc) is 2.48. The first-order chi connectivity index (χ1) is 10.8. The molecule has 4 heteroatoms. The molecule has 1 atom stereocenters. The van der Waals surface area contributed by atoms with Gasteiger partial charge in [0.05, 0.1) is 4.75 Å². The Morgan fingerprint density at radius 1 is 1.04 bits per heavy atom. The van der Waals surface area contributed by atoms with Crippen molar-refractivity contribution in [2.75, 3.05) is 0 Å². The van der Waals surface area contributed by atoms with Crippen molar-refractivity contribution < 1.29 is 8.95 Å². The van der Waals surface area contributed by atoms with Crippen LogP contribution in [0, 0.1) is 13.8 Å². The molecule has 0 heterocycles. The molecule has 0 aliphatic rings. The van der Waals surface area contributed by atoms with Crippen LogP contribution in [0.4, 0.5) is 0 Å². The van der Waals surface area contributed by atoms with Crippen molar-refractivity contribution in [3.63, 3.8) is 0 Å². The molecular weight excluding hydrogens is 306 g/mol. The van der Waals surface area contributed by atoms with Gasteiger partial charge in [0, 0.05) is 6.21 Å². The Hall–Kier alpha value is -1.94. The maximum Gasteiger partial charge on any atom is 0.144 e. The van der Waals surface area contributed by atoms with Gasteiger partial charge in [-0.25, -0.2) is 4.21 Å². The largest absolute Gasteiger partial charge is 0.457 e. The van der Waals surface area contributed by atoms with E-state index in [0.717, 1.165) is 28.2 Å². The average molecular weight is 329 g/mol. The minimum Gasteiger partial charge on any atom is -0.457 e. The van der Waals surface area contributed by atoms with Crippen LogP contribution in [0.5, 0.6) is 11.5 Å². The summed E-state index contributed by atoms with van der Waals surface area (Å²) in [5.41, 5.74) is 3.06. The molecule has 0 aliphatic heterocycles. The van der Waals surface area contributed by atoms with E-state index in [1.54, 1.807) is 6.21 Å².